The van der Waals surface area contributed by atoms with Crippen LogP contribution in [0, 0.1) is 0 Å². The number of aliphatic imine (C=N–C) groups is 1. The van der Waals surface area contributed by atoms with Crippen LogP contribution < -0.4 is 15.4 Å². The SMILES string of the molecule is CCNC(=NCc1cccc(OC(F)F)c1)NC1CCC(O)CC1.I. The summed E-state index contributed by atoms with van der Waals surface area (Å²) in [7, 11) is 0. The minimum atomic E-state index is -2.83. The molecule has 8 heteroatoms. The Morgan fingerprint density at radius 1 is 1.32 bits per heavy atom. The molecule has 1 fully saturated rings. The van der Waals surface area contributed by atoms with Crippen molar-refractivity contribution >= 4 is 29.9 Å². The fourth-order valence-electron chi connectivity index (χ4n) is 2.72. The van der Waals surface area contributed by atoms with Gasteiger partial charge in [0.05, 0.1) is 12.6 Å². The van der Waals surface area contributed by atoms with Crippen LogP contribution in [0.4, 0.5) is 8.78 Å². The normalized spacial score (nSPS) is 20.8. The Balaban J connectivity index is 0.00000312. The fourth-order valence-corrected chi connectivity index (χ4v) is 2.72. The predicted octanol–water partition coefficient (Wildman–Crippen LogP) is 3.26. The van der Waals surface area contributed by atoms with Gasteiger partial charge >= 0.3 is 6.61 Å². The Kier molecular flexibility index (Phi) is 10.0. The van der Waals surface area contributed by atoms with Gasteiger partial charge in [-0.1, -0.05) is 12.1 Å². The number of rotatable bonds is 6. The van der Waals surface area contributed by atoms with Gasteiger partial charge in [0, 0.05) is 12.6 Å². The van der Waals surface area contributed by atoms with Crippen LogP contribution >= 0.6 is 24.0 Å². The van der Waals surface area contributed by atoms with Crippen molar-refractivity contribution in [2.24, 2.45) is 4.99 Å². The minimum absolute atomic E-state index is 0. The molecule has 0 atom stereocenters. The van der Waals surface area contributed by atoms with Crippen molar-refractivity contribution in [1.82, 2.24) is 10.6 Å². The number of ether oxygens (including phenoxy) is 1. The van der Waals surface area contributed by atoms with E-state index in [1.165, 1.54) is 6.07 Å². The molecule has 5 nitrogen and oxygen atoms in total. The van der Waals surface area contributed by atoms with E-state index in [0.717, 1.165) is 37.8 Å². The molecule has 0 heterocycles. The van der Waals surface area contributed by atoms with Gasteiger partial charge in [-0.25, -0.2) is 4.99 Å². The third kappa shape index (κ3) is 8.17. The average Bonchev–Trinajstić information content (AvgIpc) is 2.55. The lowest BCUT2D eigenvalue weighted by molar-refractivity contribution is -0.0498. The van der Waals surface area contributed by atoms with Gasteiger partial charge < -0.3 is 20.5 Å². The van der Waals surface area contributed by atoms with Crippen molar-refractivity contribution in [3.63, 3.8) is 0 Å². The second kappa shape index (κ2) is 11.5. The van der Waals surface area contributed by atoms with E-state index in [1.807, 2.05) is 13.0 Å². The van der Waals surface area contributed by atoms with Gasteiger partial charge in [0.2, 0.25) is 0 Å². The highest BCUT2D eigenvalue weighted by Gasteiger charge is 2.19. The minimum Gasteiger partial charge on any atom is -0.435 e. The van der Waals surface area contributed by atoms with Crippen LogP contribution in [0.1, 0.15) is 38.2 Å². The van der Waals surface area contributed by atoms with Crippen LogP contribution in [0.25, 0.3) is 0 Å². The molecule has 3 N–H and O–H groups in total. The van der Waals surface area contributed by atoms with E-state index in [0.29, 0.717) is 18.5 Å². The number of halogens is 3. The average molecular weight is 469 g/mol. The molecule has 1 aromatic rings. The summed E-state index contributed by atoms with van der Waals surface area (Å²) in [6, 6.07) is 6.85. The number of hydrogen-bond donors (Lipinski definition) is 3. The zero-order valence-electron chi connectivity index (χ0n) is 14.3. The Hall–Kier alpha value is -1.16. The molecule has 0 aromatic heterocycles. The van der Waals surface area contributed by atoms with Gasteiger partial charge in [-0.05, 0) is 50.3 Å². The lowest BCUT2D eigenvalue weighted by Gasteiger charge is -2.27. The third-order valence-electron chi connectivity index (χ3n) is 3.93. The van der Waals surface area contributed by atoms with E-state index < -0.39 is 6.61 Å². The lowest BCUT2D eigenvalue weighted by Crippen LogP contribution is -2.45. The molecule has 0 radical (unpaired) electrons. The Labute approximate surface area is 164 Å². The van der Waals surface area contributed by atoms with E-state index in [1.54, 1.807) is 12.1 Å². The summed E-state index contributed by atoms with van der Waals surface area (Å²) in [5.41, 5.74) is 0.796. The third-order valence-corrected chi connectivity index (χ3v) is 3.93. The largest absolute Gasteiger partial charge is 0.435 e. The lowest BCUT2D eigenvalue weighted by atomic mass is 9.93. The highest BCUT2D eigenvalue weighted by molar-refractivity contribution is 14.0. The fraction of sp³-hybridized carbons (Fsp3) is 0.588. The van der Waals surface area contributed by atoms with Gasteiger partial charge in [0.15, 0.2) is 5.96 Å². The number of nitrogens with zero attached hydrogens (tertiary/aromatic N) is 1. The topological polar surface area (TPSA) is 65.9 Å². The van der Waals surface area contributed by atoms with Crippen LogP contribution in [-0.2, 0) is 6.54 Å². The summed E-state index contributed by atoms with van der Waals surface area (Å²) in [6.07, 6.45) is 3.21. The molecule has 0 aliphatic heterocycles. The summed E-state index contributed by atoms with van der Waals surface area (Å²) in [6.45, 7) is 0.254. The summed E-state index contributed by atoms with van der Waals surface area (Å²) in [5, 5.41) is 16.1. The first-order valence-electron chi connectivity index (χ1n) is 8.33. The molecular weight excluding hydrogens is 443 g/mol. The Bertz CT molecular complexity index is 538. The van der Waals surface area contributed by atoms with Gasteiger partial charge in [-0.3, -0.25) is 0 Å². The summed E-state index contributed by atoms with van der Waals surface area (Å²) >= 11 is 0. The van der Waals surface area contributed by atoms with Crippen molar-refractivity contribution < 1.29 is 18.6 Å². The molecule has 25 heavy (non-hydrogen) atoms. The van der Waals surface area contributed by atoms with Crippen molar-refractivity contribution in [2.45, 2.75) is 57.9 Å². The summed E-state index contributed by atoms with van der Waals surface area (Å²) in [5.74, 6) is 0.830. The van der Waals surface area contributed by atoms with Crippen molar-refractivity contribution in [1.29, 1.82) is 0 Å². The summed E-state index contributed by atoms with van der Waals surface area (Å²) in [4.78, 5) is 4.51. The van der Waals surface area contributed by atoms with E-state index >= 15 is 0 Å². The number of aliphatic hydroxyl groups is 1. The molecule has 0 bridgehead atoms. The van der Waals surface area contributed by atoms with Gasteiger partial charge in [0.1, 0.15) is 5.75 Å². The number of aliphatic hydroxyl groups excluding tert-OH is 1. The molecule has 1 aliphatic rings. The second-order valence-electron chi connectivity index (χ2n) is 5.87. The quantitative estimate of drug-likeness (QED) is 0.340. The van der Waals surface area contributed by atoms with E-state index in [2.05, 4.69) is 20.4 Å². The Morgan fingerprint density at radius 2 is 2.04 bits per heavy atom. The molecule has 1 aliphatic carbocycles. The maximum atomic E-state index is 12.3. The van der Waals surface area contributed by atoms with Crippen molar-refractivity contribution in [3.8, 4) is 5.75 Å². The van der Waals surface area contributed by atoms with Gasteiger partial charge in [-0.2, -0.15) is 8.78 Å². The van der Waals surface area contributed by atoms with E-state index in [-0.39, 0.29) is 35.8 Å². The molecule has 0 saturated heterocycles. The number of guanidine groups is 1. The molecule has 0 unspecified atom stereocenters. The molecule has 0 spiro atoms. The standard InChI is InChI=1S/C17H25F2N3O2.HI/c1-2-20-17(22-13-6-8-14(23)9-7-13)21-11-12-4-3-5-15(10-12)24-16(18)19;/h3-5,10,13-14,16,23H,2,6-9,11H2,1H3,(H2,20,21,22);1H. The first-order valence-corrected chi connectivity index (χ1v) is 8.33. The Morgan fingerprint density at radius 3 is 2.68 bits per heavy atom. The summed E-state index contributed by atoms with van der Waals surface area (Å²) < 4.78 is 28.9. The van der Waals surface area contributed by atoms with Gasteiger partial charge in [0.25, 0.3) is 0 Å². The van der Waals surface area contributed by atoms with E-state index in [4.69, 9.17) is 0 Å². The zero-order chi connectivity index (χ0) is 17.4. The number of nitrogens with one attached hydrogen (secondary N) is 2. The molecule has 1 saturated carbocycles. The van der Waals surface area contributed by atoms with Crippen molar-refractivity contribution in [3.05, 3.63) is 29.8 Å². The van der Waals surface area contributed by atoms with E-state index in [9.17, 15) is 13.9 Å². The highest BCUT2D eigenvalue weighted by Crippen LogP contribution is 2.19. The molecule has 142 valence electrons. The van der Waals surface area contributed by atoms with Crippen LogP contribution in [0.5, 0.6) is 5.75 Å². The zero-order valence-corrected chi connectivity index (χ0v) is 16.6. The molecular formula is C17H26F2IN3O2. The second-order valence-corrected chi connectivity index (χ2v) is 5.87. The van der Waals surface area contributed by atoms with Crippen LogP contribution in [0.3, 0.4) is 0 Å². The number of alkyl halides is 2. The smallest absolute Gasteiger partial charge is 0.387 e. The number of hydrogen-bond acceptors (Lipinski definition) is 3. The number of benzene rings is 1. The molecule has 1 aromatic carbocycles. The van der Waals surface area contributed by atoms with Gasteiger partial charge in [-0.15, -0.1) is 24.0 Å². The monoisotopic (exact) mass is 469 g/mol. The maximum absolute atomic E-state index is 12.3. The van der Waals surface area contributed by atoms with Crippen LogP contribution in [-0.4, -0.2) is 36.4 Å². The molecule has 0 amide bonds. The highest BCUT2D eigenvalue weighted by atomic mass is 127. The van der Waals surface area contributed by atoms with Crippen molar-refractivity contribution in [2.75, 3.05) is 6.54 Å². The first-order chi connectivity index (χ1) is 11.6. The first kappa shape index (κ1) is 21.9. The maximum Gasteiger partial charge on any atom is 0.387 e. The van der Waals surface area contributed by atoms with Crippen LogP contribution in [0.2, 0.25) is 0 Å². The predicted molar refractivity (Wildman–Crippen MR) is 105 cm³/mol. The van der Waals surface area contributed by atoms with Crippen LogP contribution in [0.15, 0.2) is 29.3 Å². The molecule has 2 rings (SSSR count).